The van der Waals surface area contributed by atoms with Crippen molar-refractivity contribution in [2.45, 2.75) is 25.7 Å². The van der Waals surface area contributed by atoms with Crippen LogP contribution < -0.4 is 9.64 Å². The van der Waals surface area contributed by atoms with Crippen LogP contribution in [-0.4, -0.2) is 49.2 Å². The van der Waals surface area contributed by atoms with E-state index in [0.29, 0.717) is 0 Å². The molecule has 1 aliphatic carbocycles. The number of aryl methyl sites for hydroxylation is 2. The Morgan fingerprint density at radius 3 is 2.47 bits per heavy atom. The molecule has 2 aromatic rings. The summed E-state index contributed by atoms with van der Waals surface area (Å²) < 4.78 is 5.94. The fourth-order valence-corrected chi connectivity index (χ4v) is 4.21. The molecule has 2 aliphatic rings. The Hall–Kier alpha value is -2.02. The summed E-state index contributed by atoms with van der Waals surface area (Å²) in [5.41, 5.74) is 3.85. The summed E-state index contributed by atoms with van der Waals surface area (Å²) in [5, 5.41) is 11.2. The number of rotatable bonds is 7. The molecule has 0 spiro atoms. The van der Waals surface area contributed by atoms with Gasteiger partial charge in [0.15, 0.2) is 0 Å². The first-order valence-electron chi connectivity index (χ1n) is 10.2. The van der Waals surface area contributed by atoms with E-state index in [-0.39, 0.29) is 35.4 Å². The zero-order valence-corrected chi connectivity index (χ0v) is 18.6. The van der Waals surface area contributed by atoms with Gasteiger partial charge in [0, 0.05) is 38.8 Å². The van der Waals surface area contributed by atoms with E-state index in [4.69, 9.17) is 4.74 Å². The molecule has 0 atom stereocenters. The SMILES string of the molecule is Cl.Cl.O=[N+]([O-])c1ccccc1N1CCN(CCCOc2ccc3c(c2)CCC3)CC1. The number of anilines is 1. The Morgan fingerprint density at radius 1 is 0.967 bits per heavy atom. The second-order valence-corrected chi connectivity index (χ2v) is 7.56. The maximum absolute atomic E-state index is 11.2. The molecular formula is C22H29Cl2N3O3. The summed E-state index contributed by atoms with van der Waals surface area (Å²) in [6.45, 7) is 5.20. The van der Waals surface area contributed by atoms with Crippen LogP contribution in [-0.2, 0) is 12.8 Å². The number of hydrogen-bond donors (Lipinski definition) is 0. The van der Waals surface area contributed by atoms with Gasteiger partial charge in [-0.25, -0.2) is 0 Å². The smallest absolute Gasteiger partial charge is 0.292 e. The van der Waals surface area contributed by atoms with Gasteiger partial charge in [-0.15, -0.1) is 24.8 Å². The highest BCUT2D eigenvalue weighted by Crippen LogP contribution is 2.28. The van der Waals surface area contributed by atoms with Crippen LogP contribution in [0.3, 0.4) is 0 Å². The van der Waals surface area contributed by atoms with Crippen molar-refractivity contribution in [2.24, 2.45) is 0 Å². The quantitative estimate of drug-likeness (QED) is 0.350. The molecule has 0 unspecified atom stereocenters. The van der Waals surface area contributed by atoms with E-state index in [0.717, 1.165) is 57.2 Å². The molecule has 0 bridgehead atoms. The average Bonchev–Trinajstić information content (AvgIpc) is 3.19. The molecule has 1 heterocycles. The lowest BCUT2D eigenvalue weighted by atomic mass is 10.1. The first-order valence-corrected chi connectivity index (χ1v) is 10.2. The summed E-state index contributed by atoms with van der Waals surface area (Å²) in [7, 11) is 0. The summed E-state index contributed by atoms with van der Waals surface area (Å²) in [5.74, 6) is 0.988. The van der Waals surface area contributed by atoms with Crippen LogP contribution in [0.4, 0.5) is 11.4 Å². The van der Waals surface area contributed by atoms with E-state index in [2.05, 4.69) is 28.0 Å². The van der Waals surface area contributed by atoms with Crippen molar-refractivity contribution in [1.29, 1.82) is 0 Å². The zero-order chi connectivity index (χ0) is 19.3. The number of nitro groups is 1. The largest absolute Gasteiger partial charge is 0.494 e. The van der Waals surface area contributed by atoms with Crippen molar-refractivity contribution in [3.63, 3.8) is 0 Å². The molecule has 0 N–H and O–H groups in total. The minimum Gasteiger partial charge on any atom is -0.494 e. The fourth-order valence-electron chi connectivity index (χ4n) is 4.21. The van der Waals surface area contributed by atoms with Crippen molar-refractivity contribution >= 4 is 36.2 Å². The number of nitro benzene ring substituents is 1. The van der Waals surface area contributed by atoms with Gasteiger partial charge in [-0.05, 0) is 55.0 Å². The third-order valence-corrected chi connectivity index (χ3v) is 5.75. The molecule has 0 amide bonds. The van der Waals surface area contributed by atoms with Gasteiger partial charge in [0.25, 0.3) is 5.69 Å². The van der Waals surface area contributed by atoms with Crippen LogP contribution in [0, 0.1) is 10.1 Å². The summed E-state index contributed by atoms with van der Waals surface area (Å²) in [4.78, 5) is 15.5. The van der Waals surface area contributed by atoms with Crippen LogP contribution in [0.5, 0.6) is 5.75 Å². The normalized spacial score (nSPS) is 15.7. The highest BCUT2D eigenvalue weighted by atomic mass is 35.5. The number of nitrogens with zero attached hydrogens (tertiary/aromatic N) is 3. The van der Waals surface area contributed by atoms with Gasteiger partial charge in [0.2, 0.25) is 0 Å². The molecule has 0 saturated carbocycles. The number of fused-ring (bicyclic) bond motifs is 1. The Labute approximate surface area is 190 Å². The van der Waals surface area contributed by atoms with E-state index in [1.54, 1.807) is 12.1 Å². The predicted molar refractivity (Wildman–Crippen MR) is 125 cm³/mol. The van der Waals surface area contributed by atoms with Gasteiger partial charge in [-0.2, -0.15) is 0 Å². The third-order valence-electron chi connectivity index (χ3n) is 5.75. The average molecular weight is 454 g/mol. The molecule has 30 heavy (non-hydrogen) atoms. The summed E-state index contributed by atoms with van der Waals surface area (Å²) in [6, 6.07) is 13.5. The van der Waals surface area contributed by atoms with E-state index < -0.39 is 0 Å². The topological polar surface area (TPSA) is 58.9 Å². The van der Waals surface area contributed by atoms with Gasteiger partial charge in [-0.1, -0.05) is 18.2 Å². The first-order chi connectivity index (χ1) is 13.7. The number of piperazine rings is 1. The standard InChI is InChI=1S/C22H27N3O3.2ClH/c26-25(27)22-8-2-1-7-21(22)24-14-12-23(13-15-24)11-4-16-28-20-10-9-18-5-3-6-19(18)17-20;;/h1-2,7-10,17H,3-6,11-16H2;2*1H. The van der Waals surface area contributed by atoms with E-state index >= 15 is 0 Å². The van der Waals surface area contributed by atoms with Crippen molar-refractivity contribution in [3.8, 4) is 5.75 Å². The van der Waals surface area contributed by atoms with Gasteiger partial charge < -0.3 is 9.64 Å². The van der Waals surface area contributed by atoms with Crippen LogP contribution in [0.2, 0.25) is 0 Å². The van der Waals surface area contributed by atoms with Crippen LogP contribution in [0.1, 0.15) is 24.0 Å². The molecule has 8 heteroatoms. The second-order valence-electron chi connectivity index (χ2n) is 7.56. The Kier molecular flexibility index (Phi) is 9.21. The molecule has 164 valence electrons. The minimum atomic E-state index is -0.294. The fraction of sp³-hybridized carbons (Fsp3) is 0.455. The summed E-state index contributed by atoms with van der Waals surface area (Å²) >= 11 is 0. The lowest BCUT2D eigenvalue weighted by Crippen LogP contribution is -2.47. The first kappa shape index (κ1) is 24.3. The lowest BCUT2D eigenvalue weighted by Gasteiger charge is -2.35. The van der Waals surface area contributed by atoms with Gasteiger partial charge >= 0.3 is 0 Å². The molecule has 1 fully saturated rings. The number of hydrogen-bond acceptors (Lipinski definition) is 5. The molecule has 0 aromatic heterocycles. The molecule has 2 aromatic carbocycles. The molecule has 4 rings (SSSR count). The van der Waals surface area contributed by atoms with Crippen molar-refractivity contribution in [1.82, 2.24) is 4.90 Å². The maximum Gasteiger partial charge on any atom is 0.292 e. The second kappa shape index (κ2) is 11.4. The summed E-state index contributed by atoms with van der Waals surface area (Å²) in [6.07, 6.45) is 4.63. The lowest BCUT2D eigenvalue weighted by molar-refractivity contribution is -0.384. The van der Waals surface area contributed by atoms with E-state index in [1.165, 1.54) is 30.4 Å². The highest BCUT2D eigenvalue weighted by Gasteiger charge is 2.22. The predicted octanol–water partition coefficient (Wildman–Crippen LogP) is 4.52. The van der Waals surface area contributed by atoms with Crippen molar-refractivity contribution < 1.29 is 9.66 Å². The molecule has 1 aliphatic heterocycles. The molecule has 0 radical (unpaired) electrons. The maximum atomic E-state index is 11.2. The minimum absolute atomic E-state index is 0. The van der Waals surface area contributed by atoms with Gasteiger partial charge in [0.05, 0.1) is 11.5 Å². The van der Waals surface area contributed by atoms with Crippen LogP contribution in [0.25, 0.3) is 0 Å². The number of para-hydroxylation sites is 2. The van der Waals surface area contributed by atoms with Gasteiger partial charge in [0.1, 0.15) is 11.4 Å². The molecular weight excluding hydrogens is 425 g/mol. The van der Waals surface area contributed by atoms with Crippen molar-refractivity contribution in [2.75, 3.05) is 44.2 Å². The Balaban J connectivity index is 0.00000160. The molecule has 6 nitrogen and oxygen atoms in total. The number of ether oxygens (including phenoxy) is 1. The third kappa shape index (κ3) is 5.78. The highest BCUT2D eigenvalue weighted by molar-refractivity contribution is 5.85. The Bertz CT molecular complexity index is 842. The monoisotopic (exact) mass is 453 g/mol. The van der Waals surface area contributed by atoms with Crippen LogP contribution >= 0.6 is 24.8 Å². The number of halogens is 2. The number of benzene rings is 2. The Morgan fingerprint density at radius 2 is 1.70 bits per heavy atom. The zero-order valence-electron chi connectivity index (χ0n) is 17.0. The van der Waals surface area contributed by atoms with E-state index in [9.17, 15) is 10.1 Å². The molecule has 1 saturated heterocycles. The van der Waals surface area contributed by atoms with Crippen LogP contribution in [0.15, 0.2) is 42.5 Å². The van der Waals surface area contributed by atoms with Gasteiger partial charge in [-0.3, -0.25) is 15.0 Å². The van der Waals surface area contributed by atoms with Crippen molar-refractivity contribution in [3.05, 3.63) is 63.7 Å². The van der Waals surface area contributed by atoms with E-state index in [1.807, 2.05) is 12.1 Å².